The van der Waals surface area contributed by atoms with E-state index in [0.717, 1.165) is 0 Å². The molecular formula is C11H8O4-2. The average molecular weight is 204 g/mol. The number of carbonyl (C=O) groups excluding carboxylic acids is 2. The van der Waals surface area contributed by atoms with Crippen LogP contribution in [-0.2, 0) is 9.59 Å². The van der Waals surface area contributed by atoms with E-state index in [1.807, 2.05) is 0 Å². The van der Waals surface area contributed by atoms with Gasteiger partial charge in [0.2, 0.25) is 0 Å². The van der Waals surface area contributed by atoms with Gasteiger partial charge in [-0.3, -0.25) is 0 Å². The molecule has 0 aliphatic heterocycles. The van der Waals surface area contributed by atoms with Crippen LogP contribution in [0.15, 0.2) is 30.3 Å². The number of hydrogen-bond acceptors (Lipinski definition) is 4. The van der Waals surface area contributed by atoms with E-state index in [9.17, 15) is 19.8 Å². The van der Waals surface area contributed by atoms with Crippen molar-refractivity contribution in [1.82, 2.24) is 0 Å². The molecule has 0 heterocycles. The van der Waals surface area contributed by atoms with Gasteiger partial charge in [-0.1, -0.05) is 30.3 Å². The van der Waals surface area contributed by atoms with Gasteiger partial charge in [0.15, 0.2) is 0 Å². The minimum Gasteiger partial charge on any atom is -0.549 e. The lowest BCUT2D eigenvalue weighted by atomic mass is 9.99. The van der Waals surface area contributed by atoms with Crippen molar-refractivity contribution in [3.8, 4) is 0 Å². The molecule has 1 aliphatic rings. The second-order valence-corrected chi connectivity index (χ2v) is 3.71. The van der Waals surface area contributed by atoms with Crippen molar-refractivity contribution < 1.29 is 19.8 Å². The SMILES string of the molecule is O=C([O-])C1(C(=O)[O-])C[C@@H]1c1ccccc1. The Morgan fingerprint density at radius 1 is 1.13 bits per heavy atom. The van der Waals surface area contributed by atoms with E-state index in [1.165, 1.54) is 0 Å². The maximum atomic E-state index is 10.8. The Morgan fingerprint density at radius 2 is 1.67 bits per heavy atom. The molecule has 1 aliphatic carbocycles. The summed E-state index contributed by atoms with van der Waals surface area (Å²) in [6, 6.07) is 8.67. The third-order valence-electron chi connectivity index (χ3n) is 2.89. The van der Waals surface area contributed by atoms with Crippen molar-refractivity contribution >= 4 is 11.9 Å². The molecular weight excluding hydrogens is 196 g/mol. The Hall–Kier alpha value is -1.84. The largest absolute Gasteiger partial charge is 0.549 e. The van der Waals surface area contributed by atoms with E-state index in [0.29, 0.717) is 5.56 Å². The van der Waals surface area contributed by atoms with Crippen molar-refractivity contribution in [2.75, 3.05) is 0 Å². The highest BCUT2D eigenvalue weighted by Crippen LogP contribution is 2.58. The molecule has 0 amide bonds. The van der Waals surface area contributed by atoms with Crippen LogP contribution < -0.4 is 10.2 Å². The summed E-state index contributed by atoms with van der Waals surface area (Å²) in [5.41, 5.74) is -1.12. The van der Waals surface area contributed by atoms with Crippen LogP contribution in [0.25, 0.3) is 0 Å². The molecule has 0 N–H and O–H groups in total. The van der Waals surface area contributed by atoms with Crippen LogP contribution in [0.2, 0.25) is 0 Å². The predicted octanol–water partition coefficient (Wildman–Crippen LogP) is -1.34. The second kappa shape index (κ2) is 3.08. The first-order valence-corrected chi connectivity index (χ1v) is 4.57. The fourth-order valence-corrected chi connectivity index (χ4v) is 1.89. The van der Waals surface area contributed by atoms with Crippen molar-refractivity contribution in [3.05, 3.63) is 35.9 Å². The lowest BCUT2D eigenvalue weighted by Gasteiger charge is -2.19. The van der Waals surface area contributed by atoms with Crippen LogP contribution in [0.5, 0.6) is 0 Å². The molecule has 1 saturated carbocycles. The topological polar surface area (TPSA) is 80.3 Å². The highest BCUT2D eigenvalue weighted by atomic mass is 16.4. The summed E-state index contributed by atoms with van der Waals surface area (Å²) in [4.78, 5) is 21.6. The van der Waals surface area contributed by atoms with E-state index >= 15 is 0 Å². The summed E-state index contributed by atoms with van der Waals surface area (Å²) in [5.74, 6) is -3.64. The summed E-state index contributed by atoms with van der Waals surface area (Å²) in [6.07, 6.45) is 0.0572. The molecule has 1 aromatic rings. The monoisotopic (exact) mass is 204 g/mol. The number of benzene rings is 1. The Labute approximate surface area is 86.2 Å². The van der Waals surface area contributed by atoms with Crippen LogP contribution in [0, 0.1) is 5.41 Å². The van der Waals surface area contributed by atoms with Crippen molar-refractivity contribution in [2.45, 2.75) is 12.3 Å². The standard InChI is InChI=1S/C11H10O4/c12-9(13)11(10(14)15)6-8(11)7-4-2-1-3-5-7/h1-5,8H,6H2,(H,12,13)(H,14,15)/p-2/t8-/m1/s1. The molecule has 0 saturated heterocycles. The summed E-state index contributed by atoms with van der Waals surface area (Å²) < 4.78 is 0. The average Bonchev–Trinajstić information content (AvgIpc) is 2.95. The molecule has 0 aromatic heterocycles. The molecule has 1 fully saturated rings. The minimum absolute atomic E-state index is 0.0572. The lowest BCUT2D eigenvalue weighted by Crippen LogP contribution is -2.46. The Kier molecular flexibility index (Phi) is 2.00. The number of hydrogen-bond donors (Lipinski definition) is 0. The maximum Gasteiger partial charge on any atom is 0.0569 e. The molecule has 4 nitrogen and oxygen atoms in total. The normalized spacial score (nSPS) is 22.0. The third-order valence-corrected chi connectivity index (χ3v) is 2.89. The van der Waals surface area contributed by atoms with Crippen LogP contribution >= 0.6 is 0 Å². The maximum absolute atomic E-state index is 10.8. The molecule has 0 unspecified atom stereocenters. The zero-order chi connectivity index (χ0) is 11.1. The number of carboxylic acids is 2. The fourth-order valence-electron chi connectivity index (χ4n) is 1.89. The molecule has 0 spiro atoms. The van der Waals surface area contributed by atoms with Gasteiger partial charge in [0.25, 0.3) is 0 Å². The molecule has 1 aromatic carbocycles. The van der Waals surface area contributed by atoms with Gasteiger partial charge in [-0.25, -0.2) is 0 Å². The van der Waals surface area contributed by atoms with E-state index in [-0.39, 0.29) is 6.42 Å². The first kappa shape index (κ1) is 9.71. The summed E-state index contributed by atoms with van der Waals surface area (Å²) in [7, 11) is 0. The van der Waals surface area contributed by atoms with Gasteiger partial charge in [0.05, 0.1) is 17.4 Å². The fraction of sp³-hybridized carbons (Fsp3) is 0.273. The lowest BCUT2D eigenvalue weighted by molar-refractivity contribution is -0.335. The Bertz CT molecular complexity index is 396. The molecule has 15 heavy (non-hydrogen) atoms. The molecule has 1 atom stereocenters. The van der Waals surface area contributed by atoms with E-state index in [2.05, 4.69) is 0 Å². The minimum atomic E-state index is -1.82. The quantitative estimate of drug-likeness (QED) is 0.571. The van der Waals surface area contributed by atoms with Crippen LogP contribution in [-0.4, -0.2) is 11.9 Å². The van der Waals surface area contributed by atoms with Gasteiger partial charge in [-0.05, 0) is 12.0 Å². The van der Waals surface area contributed by atoms with Crippen LogP contribution in [0.1, 0.15) is 17.9 Å². The number of rotatable bonds is 3. The van der Waals surface area contributed by atoms with Gasteiger partial charge in [-0.15, -0.1) is 0 Å². The van der Waals surface area contributed by atoms with E-state index in [4.69, 9.17) is 0 Å². The van der Waals surface area contributed by atoms with E-state index < -0.39 is 23.3 Å². The molecule has 4 heteroatoms. The first-order chi connectivity index (χ1) is 7.09. The summed E-state index contributed by atoms with van der Waals surface area (Å²) >= 11 is 0. The van der Waals surface area contributed by atoms with Crippen molar-refractivity contribution in [3.63, 3.8) is 0 Å². The molecule has 0 bridgehead atoms. The van der Waals surface area contributed by atoms with Gasteiger partial charge < -0.3 is 19.8 Å². The Balaban J connectivity index is 2.31. The smallest absolute Gasteiger partial charge is 0.0569 e. The van der Waals surface area contributed by atoms with Gasteiger partial charge in [-0.2, -0.15) is 0 Å². The predicted molar refractivity (Wildman–Crippen MR) is 46.2 cm³/mol. The van der Waals surface area contributed by atoms with E-state index in [1.54, 1.807) is 30.3 Å². The van der Waals surface area contributed by atoms with Gasteiger partial charge >= 0.3 is 0 Å². The zero-order valence-electron chi connectivity index (χ0n) is 7.80. The molecule has 2 rings (SSSR count). The number of carbonyl (C=O) groups is 2. The first-order valence-electron chi connectivity index (χ1n) is 4.57. The number of carboxylic acid groups (broad SMARTS) is 2. The van der Waals surface area contributed by atoms with Gasteiger partial charge in [0, 0.05) is 5.92 Å². The summed E-state index contributed by atoms with van der Waals surface area (Å²) in [6.45, 7) is 0. The Morgan fingerprint density at radius 3 is 2.07 bits per heavy atom. The molecule has 78 valence electrons. The highest BCUT2D eigenvalue weighted by Gasteiger charge is 2.57. The van der Waals surface area contributed by atoms with Crippen LogP contribution in [0.4, 0.5) is 0 Å². The highest BCUT2D eigenvalue weighted by molar-refractivity contribution is 6.01. The van der Waals surface area contributed by atoms with Crippen molar-refractivity contribution in [2.24, 2.45) is 5.41 Å². The van der Waals surface area contributed by atoms with Gasteiger partial charge in [0.1, 0.15) is 0 Å². The van der Waals surface area contributed by atoms with Crippen LogP contribution in [0.3, 0.4) is 0 Å². The summed E-state index contributed by atoms with van der Waals surface area (Å²) in [5, 5.41) is 21.6. The third kappa shape index (κ3) is 1.29. The molecule has 0 radical (unpaired) electrons. The van der Waals surface area contributed by atoms with Crippen molar-refractivity contribution in [1.29, 1.82) is 0 Å². The number of aliphatic carboxylic acids is 2. The zero-order valence-corrected chi connectivity index (χ0v) is 7.80. The second-order valence-electron chi connectivity index (χ2n) is 3.71.